The third-order valence-electron chi connectivity index (χ3n) is 5.98. The number of carbonyl (C=O) groups is 1. The maximum atomic E-state index is 13.6. The molecule has 1 aliphatic rings. The number of hydrogen-bond acceptors (Lipinski definition) is 8. The van der Waals surface area contributed by atoms with Crippen LogP contribution in [0, 0.1) is 0 Å². The number of pyridine rings is 1. The molecule has 5 rings (SSSR count). The van der Waals surface area contributed by atoms with Gasteiger partial charge in [-0.05, 0) is 54.8 Å². The second kappa shape index (κ2) is 11.5. The van der Waals surface area contributed by atoms with Crippen molar-refractivity contribution in [1.82, 2.24) is 19.7 Å². The Morgan fingerprint density at radius 1 is 1.13 bits per heavy atom. The number of anilines is 1. The molecule has 0 bridgehead atoms. The van der Waals surface area contributed by atoms with Crippen molar-refractivity contribution < 1.29 is 14.3 Å². The molecule has 4 heterocycles. The minimum Gasteiger partial charge on any atom is -0.497 e. The zero-order valence-electron chi connectivity index (χ0n) is 20.9. The molecular weight excluding hydrogens is 522 g/mol. The Bertz CT molecular complexity index is 1500. The van der Waals surface area contributed by atoms with Gasteiger partial charge in [-0.3, -0.25) is 9.78 Å². The fourth-order valence-electron chi connectivity index (χ4n) is 4.12. The summed E-state index contributed by atoms with van der Waals surface area (Å²) in [5.41, 5.74) is 2.58. The minimum atomic E-state index is -0.247. The van der Waals surface area contributed by atoms with Gasteiger partial charge in [0.15, 0.2) is 0 Å². The fourth-order valence-corrected chi connectivity index (χ4v) is 5.15. The zero-order chi connectivity index (χ0) is 26.5. The van der Waals surface area contributed by atoms with E-state index in [1.807, 2.05) is 48.7 Å². The Morgan fingerprint density at radius 3 is 2.76 bits per heavy atom. The van der Waals surface area contributed by atoms with Gasteiger partial charge in [-0.25, -0.2) is 4.68 Å². The van der Waals surface area contributed by atoms with Crippen LogP contribution in [0.2, 0.25) is 4.34 Å². The Labute approximate surface area is 229 Å². The van der Waals surface area contributed by atoms with Crippen molar-refractivity contribution in [3.05, 3.63) is 105 Å². The standard InChI is InChI=1S/C28H26ClN5O3S/c1-36-21-8-10-23(25(14-21)37-2)28(35)24-15-27(31-16-22-9-11-26(29)38-22)34(32-24)20-7-5-13-33(18-20)17-19-6-3-4-12-30-19/h3-15,31H,16-18H2,1-2H3. The van der Waals surface area contributed by atoms with Crippen molar-refractivity contribution in [3.63, 3.8) is 0 Å². The van der Waals surface area contributed by atoms with E-state index in [1.165, 1.54) is 18.4 Å². The number of hydrogen-bond donors (Lipinski definition) is 1. The molecule has 1 aromatic carbocycles. The van der Waals surface area contributed by atoms with E-state index in [0.29, 0.717) is 48.2 Å². The van der Waals surface area contributed by atoms with Crippen molar-refractivity contribution in [2.24, 2.45) is 0 Å². The van der Waals surface area contributed by atoms with E-state index >= 15 is 0 Å². The van der Waals surface area contributed by atoms with Crippen molar-refractivity contribution >= 4 is 40.2 Å². The SMILES string of the molecule is COc1ccc(C(=O)c2cc(NCc3ccc(Cl)s3)n(C3=CC=CN(Cc4ccccn4)C3)n2)c(OC)c1. The van der Waals surface area contributed by atoms with Crippen LogP contribution in [0.3, 0.4) is 0 Å². The summed E-state index contributed by atoms with van der Waals surface area (Å²) in [4.78, 5) is 21.2. The molecule has 0 aliphatic carbocycles. The lowest BCUT2D eigenvalue weighted by Gasteiger charge is -2.25. The number of rotatable bonds is 10. The monoisotopic (exact) mass is 547 g/mol. The number of halogens is 1. The highest BCUT2D eigenvalue weighted by molar-refractivity contribution is 7.16. The van der Waals surface area contributed by atoms with Crippen molar-refractivity contribution in [3.8, 4) is 11.5 Å². The molecule has 0 atom stereocenters. The molecule has 38 heavy (non-hydrogen) atoms. The van der Waals surface area contributed by atoms with Crippen LogP contribution >= 0.6 is 22.9 Å². The average Bonchev–Trinajstić information content (AvgIpc) is 3.58. The summed E-state index contributed by atoms with van der Waals surface area (Å²) in [6.45, 7) is 1.79. The van der Waals surface area contributed by atoms with Gasteiger partial charge in [0.1, 0.15) is 23.0 Å². The Kier molecular flexibility index (Phi) is 7.76. The van der Waals surface area contributed by atoms with E-state index in [0.717, 1.165) is 20.6 Å². The van der Waals surface area contributed by atoms with Gasteiger partial charge >= 0.3 is 0 Å². The van der Waals surface area contributed by atoms with E-state index in [2.05, 4.69) is 15.2 Å². The molecule has 3 aromatic heterocycles. The summed E-state index contributed by atoms with van der Waals surface area (Å²) in [6.07, 6.45) is 7.78. The zero-order valence-corrected chi connectivity index (χ0v) is 22.5. The highest BCUT2D eigenvalue weighted by Gasteiger charge is 2.22. The van der Waals surface area contributed by atoms with Crippen LogP contribution < -0.4 is 14.8 Å². The molecule has 0 saturated carbocycles. The number of thiophene rings is 1. The number of nitrogens with one attached hydrogen (secondary N) is 1. The molecule has 8 nitrogen and oxygen atoms in total. The van der Waals surface area contributed by atoms with Crippen LogP contribution in [0.1, 0.15) is 26.6 Å². The van der Waals surface area contributed by atoms with E-state index < -0.39 is 0 Å². The predicted octanol–water partition coefficient (Wildman–Crippen LogP) is 5.72. The summed E-state index contributed by atoms with van der Waals surface area (Å²) in [7, 11) is 3.10. The third kappa shape index (κ3) is 5.74. The molecule has 0 fully saturated rings. The first-order valence-electron chi connectivity index (χ1n) is 11.9. The molecule has 0 unspecified atom stereocenters. The first-order valence-corrected chi connectivity index (χ1v) is 13.1. The Morgan fingerprint density at radius 2 is 2.03 bits per heavy atom. The van der Waals surface area contributed by atoms with Gasteiger partial charge in [-0.15, -0.1) is 11.3 Å². The molecule has 0 spiro atoms. The molecule has 0 amide bonds. The predicted molar refractivity (Wildman–Crippen MR) is 150 cm³/mol. The highest BCUT2D eigenvalue weighted by Crippen LogP contribution is 2.29. The molecule has 4 aromatic rings. The molecule has 1 N–H and O–H groups in total. The summed E-state index contributed by atoms with van der Waals surface area (Å²) in [5.74, 6) is 1.48. The van der Waals surface area contributed by atoms with Gasteiger partial charge in [0, 0.05) is 23.2 Å². The summed E-state index contributed by atoms with van der Waals surface area (Å²) < 4.78 is 13.3. The minimum absolute atomic E-state index is 0.247. The van der Waals surface area contributed by atoms with Gasteiger partial charge in [0.25, 0.3) is 0 Å². The van der Waals surface area contributed by atoms with Crippen LogP contribution in [-0.4, -0.2) is 46.2 Å². The third-order valence-corrected chi connectivity index (χ3v) is 7.21. The number of nitrogens with zero attached hydrogens (tertiary/aromatic N) is 4. The van der Waals surface area contributed by atoms with Crippen LogP contribution in [0.5, 0.6) is 11.5 Å². The first kappa shape index (κ1) is 25.6. The second-order valence-corrected chi connectivity index (χ2v) is 10.3. The normalized spacial score (nSPS) is 12.8. The number of methoxy groups -OCH3 is 2. The fraction of sp³-hybridized carbons (Fsp3) is 0.179. The molecular formula is C28H26ClN5O3S. The number of allylic oxidation sites excluding steroid dienone is 2. The molecule has 1 aliphatic heterocycles. The quantitative estimate of drug-likeness (QED) is 0.254. The number of benzene rings is 1. The summed E-state index contributed by atoms with van der Waals surface area (Å²) in [6, 6.07) is 16.6. The van der Waals surface area contributed by atoms with E-state index in [9.17, 15) is 4.79 Å². The van der Waals surface area contributed by atoms with Crippen LogP contribution in [0.4, 0.5) is 5.82 Å². The molecule has 10 heteroatoms. The maximum absolute atomic E-state index is 13.6. The first-order chi connectivity index (χ1) is 18.5. The topological polar surface area (TPSA) is 81.5 Å². The average molecular weight is 548 g/mol. The van der Waals surface area contributed by atoms with Gasteiger partial charge < -0.3 is 19.7 Å². The van der Waals surface area contributed by atoms with E-state index in [1.54, 1.807) is 42.3 Å². The Balaban J connectivity index is 1.45. The number of ketones is 1. The van der Waals surface area contributed by atoms with Crippen molar-refractivity contribution in [2.75, 3.05) is 26.1 Å². The largest absolute Gasteiger partial charge is 0.497 e. The van der Waals surface area contributed by atoms with Gasteiger partial charge in [-0.1, -0.05) is 17.7 Å². The summed E-state index contributed by atoms with van der Waals surface area (Å²) in [5, 5.41) is 8.17. The van der Waals surface area contributed by atoms with Crippen LogP contribution in [0.25, 0.3) is 5.70 Å². The van der Waals surface area contributed by atoms with Crippen LogP contribution in [0.15, 0.2) is 79.1 Å². The van der Waals surface area contributed by atoms with E-state index in [4.69, 9.17) is 26.2 Å². The lowest BCUT2D eigenvalue weighted by molar-refractivity contribution is 0.103. The van der Waals surface area contributed by atoms with Crippen molar-refractivity contribution in [1.29, 1.82) is 0 Å². The van der Waals surface area contributed by atoms with E-state index in [-0.39, 0.29) is 5.78 Å². The number of carbonyl (C=O) groups excluding carboxylic acids is 1. The lowest BCUT2D eigenvalue weighted by Crippen LogP contribution is -2.25. The molecule has 0 saturated heterocycles. The highest BCUT2D eigenvalue weighted by atomic mass is 35.5. The second-order valence-electron chi connectivity index (χ2n) is 8.51. The summed E-state index contributed by atoms with van der Waals surface area (Å²) >= 11 is 7.63. The molecule has 194 valence electrons. The Hall–Kier alpha value is -4.08. The van der Waals surface area contributed by atoms with Gasteiger partial charge in [0.2, 0.25) is 5.78 Å². The number of aromatic nitrogens is 3. The molecule has 0 radical (unpaired) electrons. The van der Waals surface area contributed by atoms with Gasteiger partial charge in [-0.2, -0.15) is 5.10 Å². The maximum Gasteiger partial charge on any atom is 0.217 e. The lowest BCUT2D eigenvalue weighted by atomic mass is 10.1. The van der Waals surface area contributed by atoms with Crippen molar-refractivity contribution in [2.45, 2.75) is 13.1 Å². The smallest absolute Gasteiger partial charge is 0.217 e. The van der Waals surface area contributed by atoms with Gasteiger partial charge in [0.05, 0.1) is 55.1 Å². The number of ether oxygens (including phenoxy) is 2. The van der Waals surface area contributed by atoms with Crippen LogP contribution in [-0.2, 0) is 13.1 Å².